The maximum absolute atomic E-state index is 12.7. The van der Waals surface area contributed by atoms with E-state index >= 15 is 0 Å². The van der Waals surface area contributed by atoms with Crippen molar-refractivity contribution < 1.29 is 31.9 Å². The van der Waals surface area contributed by atoms with Gasteiger partial charge in [-0.2, -0.15) is 13.2 Å². The summed E-state index contributed by atoms with van der Waals surface area (Å²) >= 11 is 0. The van der Waals surface area contributed by atoms with Gasteiger partial charge in [0.25, 0.3) is 11.8 Å². The number of rotatable bonds is 7. The Morgan fingerprint density at radius 1 is 1.03 bits per heavy atom. The molecule has 0 spiro atoms. The van der Waals surface area contributed by atoms with Crippen LogP contribution in [0, 0.1) is 0 Å². The van der Waals surface area contributed by atoms with E-state index in [1.807, 2.05) is 0 Å². The van der Waals surface area contributed by atoms with E-state index < -0.39 is 24.3 Å². The van der Waals surface area contributed by atoms with Crippen LogP contribution in [0.1, 0.15) is 21.5 Å². The number of nitrogens with one attached hydrogen (secondary N) is 2. The molecule has 0 aliphatic rings. The molecule has 0 radical (unpaired) electrons. The molecular weight excluding hydrogens is 401 g/mol. The molecule has 0 fully saturated rings. The van der Waals surface area contributed by atoms with Crippen molar-refractivity contribution in [3.63, 3.8) is 0 Å². The largest absolute Gasteiger partial charge is 0.484 e. The Bertz CT molecular complexity index is 1000. The summed E-state index contributed by atoms with van der Waals surface area (Å²) in [7, 11) is 0. The third kappa shape index (κ3) is 5.87. The fraction of sp³-hybridized carbons (Fsp3) is 0.143. The van der Waals surface area contributed by atoms with Gasteiger partial charge in [-0.15, -0.1) is 0 Å². The van der Waals surface area contributed by atoms with E-state index in [1.165, 1.54) is 48.9 Å². The first-order chi connectivity index (χ1) is 14.3. The lowest BCUT2D eigenvalue weighted by molar-refractivity contribution is -0.137. The zero-order chi connectivity index (χ0) is 21.6. The molecule has 2 aromatic carbocycles. The highest BCUT2D eigenvalue weighted by Crippen LogP contribution is 2.30. The van der Waals surface area contributed by atoms with Crippen LogP contribution < -0.4 is 15.4 Å². The summed E-state index contributed by atoms with van der Waals surface area (Å²) in [6.45, 7) is -0.0778. The summed E-state index contributed by atoms with van der Waals surface area (Å²) < 4.78 is 48.4. The molecule has 30 heavy (non-hydrogen) atoms. The average Bonchev–Trinajstić information content (AvgIpc) is 3.24. The lowest BCUT2D eigenvalue weighted by Crippen LogP contribution is -2.22. The van der Waals surface area contributed by atoms with Crippen LogP contribution >= 0.6 is 0 Å². The summed E-state index contributed by atoms with van der Waals surface area (Å²) in [5.41, 5.74) is 0.389. The fourth-order valence-corrected chi connectivity index (χ4v) is 2.50. The van der Waals surface area contributed by atoms with E-state index in [0.717, 1.165) is 17.7 Å². The van der Waals surface area contributed by atoms with Crippen molar-refractivity contribution in [2.45, 2.75) is 12.7 Å². The van der Waals surface area contributed by atoms with Crippen molar-refractivity contribution in [3.8, 4) is 5.75 Å². The maximum Gasteiger partial charge on any atom is 0.416 e. The van der Waals surface area contributed by atoms with Crippen LogP contribution in [0.3, 0.4) is 0 Å². The van der Waals surface area contributed by atoms with Crippen LogP contribution in [0.2, 0.25) is 0 Å². The molecule has 1 aromatic heterocycles. The molecule has 156 valence electrons. The molecule has 0 atom stereocenters. The predicted octanol–water partition coefficient (Wildman–Crippen LogP) is 4.25. The molecule has 0 saturated carbocycles. The molecule has 1 heterocycles. The summed E-state index contributed by atoms with van der Waals surface area (Å²) in [4.78, 5) is 24.0. The lowest BCUT2D eigenvalue weighted by Gasteiger charge is -2.11. The first-order valence-electron chi connectivity index (χ1n) is 8.80. The molecule has 0 aliphatic heterocycles. The van der Waals surface area contributed by atoms with Gasteiger partial charge in [0.05, 0.1) is 18.1 Å². The minimum atomic E-state index is -4.50. The molecular formula is C21H17F3N2O4. The number of alkyl halides is 3. The topological polar surface area (TPSA) is 80.6 Å². The Kier molecular flexibility index (Phi) is 6.41. The van der Waals surface area contributed by atoms with E-state index in [4.69, 9.17) is 9.15 Å². The number of halogens is 3. The Morgan fingerprint density at radius 2 is 1.80 bits per heavy atom. The Morgan fingerprint density at radius 3 is 2.47 bits per heavy atom. The minimum absolute atomic E-state index is 0.0167. The van der Waals surface area contributed by atoms with Crippen molar-refractivity contribution in [1.29, 1.82) is 0 Å². The molecule has 0 aliphatic carbocycles. The highest BCUT2D eigenvalue weighted by atomic mass is 19.4. The van der Waals surface area contributed by atoms with Gasteiger partial charge in [0.15, 0.2) is 6.61 Å². The Balaban J connectivity index is 1.48. The molecule has 2 N–H and O–H groups in total. The summed E-state index contributed by atoms with van der Waals surface area (Å²) in [6.07, 6.45) is -1.46. The zero-order valence-electron chi connectivity index (χ0n) is 15.5. The standard InChI is InChI=1S/C21H17F3N2O4/c22-21(23,24)16-2-1-3-17(10-16)26-19(27)13-30-18-6-4-15(5-7-18)20(28)25-11-14-8-9-29-12-14/h1-10,12H,11,13H2,(H,25,28)(H,26,27). The number of anilines is 1. The quantitative estimate of drug-likeness (QED) is 0.601. The van der Waals surface area contributed by atoms with Crippen LogP contribution in [0.5, 0.6) is 5.75 Å². The summed E-state index contributed by atoms with van der Waals surface area (Å²) in [6, 6.07) is 12.2. The molecule has 0 saturated heterocycles. The molecule has 9 heteroatoms. The smallest absolute Gasteiger partial charge is 0.416 e. The Labute approximate surface area is 169 Å². The van der Waals surface area contributed by atoms with Crippen molar-refractivity contribution in [3.05, 3.63) is 83.8 Å². The van der Waals surface area contributed by atoms with Gasteiger partial charge in [-0.1, -0.05) is 6.07 Å². The third-order valence-electron chi connectivity index (χ3n) is 3.99. The average molecular weight is 418 g/mol. The number of hydrogen-bond donors (Lipinski definition) is 2. The van der Waals surface area contributed by atoms with Gasteiger partial charge >= 0.3 is 6.18 Å². The van der Waals surface area contributed by atoms with Crippen LogP contribution in [-0.4, -0.2) is 18.4 Å². The molecule has 2 amide bonds. The van der Waals surface area contributed by atoms with Gasteiger partial charge in [-0.3, -0.25) is 9.59 Å². The minimum Gasteiger partial charge on any atom is -0.484 e. The van der Waals surface area contributed by atoms with Crippen molar-refractivity contribution in [1.82, 2.24) is 5.32 Å². The highest BCUT2D eigenvalue weighted by Gasteiger charge is 2.30. The number of amides is 2. The van der Waals surface area contributed by atoms with Gasteiger partial charge in [-0.25, -0.2) is 0 Å². The SMILES string of the molecule is O=C(COc1ccc(C(=O)NCc2ccoc2)cc1)Nc1cccc(C(F)(F)F)c1. The van der Waals surface area contributed by atoms with Crippen molar-refractivity contribution in [2.75, 3.05) is 11.9 Å². The van der Waals surface area contributed by atoms with Crippen LogP contribution in [0.4, 0.5) is 18.9 Å². The van der Waals surface area contributed by atoms with E-state index in [-0.39, 0.29) is 11.6 Å². The number of hydrogen-bond acceptors (Lipinski definition) is 4. The van der Waals surface area contributed by atoms with Crippen molar-refractivity contribution in [2.24, 2.45) is 0 Å². The first-order valence-corrected chi connectivity index (χ1v) is 8.80. The van der Waals surface area contributed by atoms with E-state index in [1.54, 1.807) is 6.07 Å². The molecule has 3 aromatic rings. The van der Waals surface area contributed by atoms with Gasteiger partial charge in [-0.05, 0) is 48.5 Å². The zero-order valence-corrected chi connectivity index (χ0v) is 15.5. The number of furan rings is 1. The van der Waals surface area contributed by atoms with E-state index in [0.29, 0.717) is 17.9 Å². The number of carbonyl (C=O) groups is 2. The fourth-order valence-electron chi connectivity index (χ4n) is 2.50. The van der Waals surface area contributed by atoms with Gasteiger partial charge in [0.2, 0.25) is 0 Å². The maximum atomic E-state index is 12.7. The van der Waals surface area contributed by atoms with Gasteiger partial charge in [0, 0.05) is 23.4 Å². The second-order valence-electron chi connectivity index (χ2n) is 6.25. The molecule has 0 unspecified atom stereocenters. The second-order valence-corrected chi connectivity index (χ2v) is 6.25. The Hall–Kier alpha value is -3.75. The van der Waals surface area contributed by atoms with Gasteiger partial charge in [0.1, 0.15) is 5.75 Å². The second kappa shape index (κ2) is 9.17. The normalized spacial score (nSPS) is 11.0. The monoisotopic (exact) mass is 418 g/mol. The summed E-state index contributed by atoms with van der Waals surface area (Å²) in [5.74, 6) is -0.568. The van der Waals surface area contributed by atoms with Crippen molar-refractivity contribution >= 4 is 17.5 Å². The molecule has 0 bridgehead atoms. The third-order valence-corrected chi connectivity index (χ3v) is 3.99. The predicted molar refractivity (Wildman–Crippen MR) is 102 cm³/mol. The molecule has 6 nitrogen and oxygen atoms in total. The van der Waals surface area contributed by atoms with Crippen LogP contribution in [0.15, 0.2) is 71.5 Å². The number of carbonyl (C=O) groups excluding carboxylic acids is 2. The van der Waals surface area contributed by atoms with Crippen LogP contribution in [0.25, 0.3) is 0 Å². The van der Waals surface area contributed by atoms with Crippen LogP contribution in [-0.2, 0) is 17.5 Å². The highest BCUT2D eigenvalue weighted by molar-refractivity contribution is 5.94. The first kappa shape index (κ1) is 21.0. The van der Waals surface area contributed by atoms with Gasteiger partial charge < -0.3 is 19.8 Å². The van der Waals surface area contributed by atoms with E-state index in [2.05, 4.69) is 10.6 Å². The van der Waals surface area contributed by atoms with E-state index in [9.17, 15) is 22.8 Å². The number of benzene rings is 2. The lowest BCUT2D eigenvalue weighted by atomic mass is 10.2. The summed E-state index contributed by atoms with van der Waals surface area (Å²) in [5, 5.41) is 5.08. The molecule has 3 rings (SSSR count). The number of ether oxygens (including phenoxy) is 1.